The summed E-state index contributed by atoms with van der Waals surface area (Å²) in [5, 5.41) is 2.52. The number of hydrogen-bond acceptors (Lipinski definition) is 1. The van der Waals surface area contributed by atoms with Gasteiger partial charge in [0.15, 0.2) is 0 Å². The highest BCUT2D eigenvalue weighted by atomic mass is 16.1. The van der Waals surface area contributed by atoms with Gasteiger partial charge in [-0.15, -0.1) is 0 Å². The Balaban J connectivity index is 2.69. The second-order valence-corrected chi connectivity index (χ2v) is 2.86. The van der Waals surface area contributed by atoms with E-state index in [9.17, 15) is 4.79 Å². The molecule has 13 heavy (non-hydrogen) atoms. The van der Waals surface area contributed by atoms with E-state index in [-0.39, 0.29) is 5.91 Å². The average molecular weight is 175 g/mol. The molecule has 0 unspecified atom stereocenters. The van der Waals surface area contributed by atoms with Crippen molar-refractivity contribution in [3.8, 4) is 0 Å². The number of hydrogen-bond donors (Lipinski definition) is 1. The smallest absolute Gasteiger partial charge is 0.243 e. The van der Waals surface area contributed by atoms with Crippen molar-refractivity contribution in [2.45, 2.75) is 6.92 Å². The molecule has 0 spiro atoms. The first-order valence-electron chi connectivity index (χ1n) is 4.19. The molecule has 0 atom stereocenters. The van der Waals surface area contributed by atoms with E-state index >= 15 is 0 Å². The molecule has 0 aliphatic carbocycles. The fourth-order valence-electron chi connectivity index (χ4n) is 0.933. The van der Waals surface area contributed by atoms with Crippen LogP contribution in [0.3, 0.4) is 0 Å². The Hall–Kier alpha value is -1.57. The van der Waals surface area contributed by atoms with E-state index in [4.69, 9.17) is 0 Å². The third-order valence-electron chi connectivity index (χ3n) is 1.75. The number of amides is 1. The maximum absolute atomic E-state index is 10.9. The van der Waals surface area contributed by atoms with Gasteiger partial charge >= 0.3 is 0 Å². The number of carbonyl (C=O) groups excluding carboxylic acids is 1. The van der Waals surface area contributed by atoms with Crippen molar-refractivity contribution in [1.82, 2.24) is 5.32 Å². The summed E-state index contributed by atoms with van der Waals surface area (Å²) in [5.41, 5.74) is 2.26. The molecule has 1 rings (SSSR count). The molecule has 2 heteroatoms. The summed E-state index contributed by atoms with van der Waals surface area (Å²) in [6, 6.07) is 8.00. The van der Waals surface area contributed by atoms with Crippen LogP contribution < -0.4 is 5.32 Å². The van der Waals surface area contributed by atoms with E-state index in [1.165, 1.54) is 11.6 Å². The van der Waals surface area contributed by atoms with Crippen molar-refractivity contribution >= 4 is 12.0 Å². The van der Waals surface area contributed by atoms with Crippen molar-refractivity contribution in [2.75, 3.05) is 7.05 Å². The number of benzene rings is 1. The Morgan fingerprint density at radius 1 is 1.31 bits per heavy atom. The molecule has 0 radical (unpaired) electrons. The highest BCUT2D eigenvalue weighted by molar-refractivity contribution is 5.91. The lowest BCUT2D eigenvalue weighted by Gasteiger charge is -1.94. The lowest BCUT2D eigenvalue weighted by atomic mass is 10.1. The summed E-state index contributed by atoms with van der Waals surface area (Å²) < 4.78 is 0. The van der Waals surface area contributed by atoms with Crippen LogP contribution in [0.5, 0.6) is 0 Å². The van der Waals surface area contributed by atoms with Crippen LogP contribution in [0.1, 0.15) is 11.1 Å². The third kappa shape index (κ3) is 3.11. The summed E-state index contributed by atoms with van der Waals surface area (Å²) in [7, 11) is 1.61. The zero-order valence-corrected chi connectivity index (χ0v) is 7.87. The summed E-state index contributed by atoms with van der Waals surface area (Å²) in [6.45, 7) is 2.03. The molecule has 0 saturated heterocycles. The molecular formula is C11H13NO. The number of aryl methyl sites for hydroxylation is 1. The minimum Gasteiger partial charge on any atom is -0.356 e. The second kappa shape index (κ2) is 4.45. The van der Waals surface area contributed by atoms with Gasteiger partial charge in [0.2, 0.25) is 5.91 Å². The van der Waals surface area contributed by atoms with Gasteiger partial charge in [-0.1, -0.05) is 29.8 Å². The summed E-state index contributed by atoms with van der Waals surface area (Å²) in [6.07, 6.45) is 3.31. The molecule has 1 amide bonds. The second-order valence-electron chi connectivity index (χ2n) is 2.86. The van der Waals surface area contributed by atoms with Gasteiger partial charge in [0, 0.05) is 13.1 Å². The molecule has 0 heterocycles. The van der Waals surface area contributed by atoms with Gasteiger partial charge < -0.3 is 5.32 Å². The van der Waals surface area contributed by atoms with Gasteiger partial charge in [-0.05, 0) is 18.6 Å². The van der Waals surface area contributed by atoms with Gasteiger partial charge in [-0.25, -0.2) is 0 Å². The van der Waals surface area contributed by atoms with E-state index < -0.39 is 0 Å². The Kier molecular flexibility index (Phi) is 3.26. The van der Waals surface area contributed by atoms with Crippen molar-refractivity contribution in [2.24, 2.45) is 0 Å². The molecule has 1 N–H and O–H groups in total. The molecule has 0 saturated carbocycles. The van der Waals surface area contributed by atoms with Crippen LogP contribution in [0.4, 0.5) is 0 Å². The molecule has 1 aromatic carbocycles. The summed E-state index contributed by atoms with van der Waals surface area (Å²) in [4.78, 5) is 10.9. The predicted molar refractivity (Wildman–Crippen MR) is 54.3 cm³/mol. The van der Waals surface area contributed by atoms with Crippen LogP contribution in [0.25, 0.3) is 6.08 Å². The van der Waals surface area contributed by atoms with Crippen molar-refractivity contribution in [3.05, 3.63) is 41.5 Å². The number of rotatable bonds is 2. The minimum absolute atomic E-state index is 0.0828. The molecule has 0 aliphatic rings. The molecule has 0 aromatic heterocycles. The van der Waals surface area contributed by atoms with Crippen molar-refractivity contribution in [3.63, 3.8) is 0 Å². The van der Waals surface area contributed by atoms with Crippen LogP contribution in [0.2, 0.25) is 0 Å². The zero-order valence-electron chi connectivity index (χ0n) is 7.87. The Labute approximate surface area is 78.3 Å². The lowest BCUT2D eigenvalue weighted by molar-refractivity contribution is -0.115. The van der Waals surface area contributed by atoms with Crippen LogP contribution in [0, 0.1) is 6.92 Å². The summed E-state index contributed by atoms with van der Waals surface area (Å²) >= 11 is 0. The maximum Gasteiger partial charge on any atom is 0.243 e. The monoisotopic (exact) mass is 175 g/mol. The zero-order chi connectivity index (χ0) is 9.68. The SMILES string of the molecule is CNC(=O)C=Cc1ccc(C)cc1. The van der Waals surface area contributed by atoms with Crippen molar-refractivity contribution in [1.29, 1.82) is 0 Å². The van der Waals surface area contributed by atoms with Crippen LogP contribution >= 0.6 is 0 Å². The normalized spacial score (nSPS) is 10.3. The Bertz CT molecular complexity index is 311. The fraction of sp³-hybridized carbons (Fsp3) is 0.182. The molecule has 2 nitrogen and oxygen atoms in total. The first-order valence-corrected chi connectivity index (χ1v) is 4.19. The van der Waals surface area contributed by atoms with E-state index in [0.29, 0.717) is 0 Å². The predicted octanol–water partition coefficient (Wildman–Crippen LogP) is 1.75. The van der Waals surface area contributed by atoms with E-state index in [1.54, 1.807) is 13.1 Å². The Morgan fingerprint density at radius 3 is 2.46 bits per heavy atom. The first kappa shape index (κ1) is 9.52. The molecule has 1 aromatic rings. The van der Waals surface area contributed by atoms with Crippen LogP contribution in [-0.4, -0.2) is 13.0 Å². The maximum atomic E-state index is 10.9. The van der Waals surface area contributed by atoms with Gasteiger partial charge in [-0.2, -0.15) is 0 Å². The standard InChI is InChI=1S/C11H13NO/c1-9-3-5-10(6-4-9)7-8-11(13)12-2/h3-8H,1-2H3,(H,12,13). The molecule has 0 aliphatic heterocycles. The highest BCUT2D eigenvalue weighted by Crippen LogP contribution is 2.04. The van der Waals surface area contributed by atoms with E-state index in [0.717, 1.165) is 5.56 Å². The van der Waals surface area contributed by atoms with Crippen molar-refractivity contribution < 1.29 is 4.79 Å². The fourth-order valence-corrected chi connectivity index (χ4v) is 0.933. The van der Waals surface area contributed by atoms with Gasteiger partial charge in [0.25, 0.3) is 0 Å². The number of likely N-dealkylation sites (N-methyl/N-ethyl adjacent to an activating group) is 1. The minimum atomic E-state index is -0.0828. The Morgan fingerprint density at radius 2 is 1.92 bits per heavy atom. The topological polar surface area (TPSA) is 29.1 Å². The average Bonchev–Trinajstić information content (AvgIpc) is 2.16. The largest absolute Gasteiger partial charge is 0.356 e. The van der Waals surface area contributed by atoms with Gasteiger partial charge in [-0.3, -0.25) is 4.79 Å². The summed E-state index contributed by atoms with van der Waals surface area (Å²) in [5.74, 6) is -0.0828. The highest BCUT2D eigenvalue weighted by Gasteiger charge is 1.89. The molecular weight excluding hydrogens is 162 g/mol. The van der Waals surface area contributed by atoms with Crippen LogP contribution in [0.15, 0.2) is 30.3 Å². The first-order chi connectivity index (χ1) is 6.22. The van der Waals surface area contributed by atoms with Crippen LogP contribution in [-0.2, 0) is 4.79 Å². The molecule has 68 valence electrons. The van der Waals surface area contributed by atoms with Gasteiger partial charge in [0.1, 0.15) is 0 Å². The number of carbonyl (C=O) groups is 1. The van der Waals surface area contributed by atoms with E-state index in [2.05, 4.69) is 5.32 Å². The van der Waals surface area contributed by atoms with Gasteiger partial charge in [0.05, 0.1) is 0 Å². The third-order valence-corrected chi connectivity index (χ3v) is 1.75. The molecule has 0 fully saturated rings. The molecule has 0 bridgehead atoms. The quantitative estimate of drug-likeness (QED) is 0.682. The van der Waals surface area contributed by atoms with E-state index in [1.807, 2.05) is 31.2 Å². The number of nitrogens with one attached hydrogen (secondary N) is 1. The lowest BCUT2D eigenvalue weighted by Crippen LogP contribution is -2.13.